The smallest absolute Gasteiger partial charge is 0.0547 e. The van der Waals surface area contributed by atoms with E-state index in [0.29, 0.717) is 12.0 Å². The van der Waals surface area contributed by atoms with E-state index in [1.165, 1.54) is 0 Å². The van der Waals surface area contributed by atoms with E-state index in [2.05, 4.69) is 24.5 Å². The van der Waals surface area contributed by atoms with Crippen LogP contribution in [0.5, 0.6) is 0 Å². The lowest BCUT2D eigenvalue weighted by molar-refractivity contribution is 0.418. The van der Waals surface area contributed by atoms with Gasteiger partial charge in [-0.05, 0) is 18.5 Å². The molecule has 1 rings (SSSR count). The van der Waals surface area contributed by atoms with Crippen molar-refractivity contribution < 1.29 is 0 Å². The van der Waals surface area contributed by atoms with Crippen LogP contribution in [0, 0.1) is 5.92 Å². The molecule has 0 radical (unpaired) electrons. The third-order valence-electron chi connectivity index (χ3n) is 2.88. The summed E-state index contributed by atoms with van der Waals surface area (Å²) in [4.78, 5) is 0. The van der Waals surface area contributed by atoms with Crippen LogP contribution in [0.1, 0.15) is 19.4 Å². The third-order valence-corrected chi connectivity index (χ3v) is 2.88. The van der Waals surface area contributed by atoms with E-state index < -0.39 is 0 Å². The van der Waals surface area contributed by atoms with Crippen molar-refractivity contribution in [1.29, 1.82) is 0 Å². The highest BCUT2D eigenvalue weighted by Crippen LogP contribution is 2.06. The predicted molar refractivity (Wildman–Crippen MR) is 74.3 cm³/mol. The second-order valence-corrected chi connectivity index (χ2v) is 4.51. The molecule has 0 saturated carbocycles. The minimum Gasteiger partial charge on any atom is -0.397 e. The molecule has 0 aromatic heterocycles. The van der Waals surface area contributed by atoms with E-state index in [1.807, 2.05) is 43.6 Å². The van der Waals surface area contributed by atoms with Crippen molar-refractivity contribution in [1.82, 2.24) is 10.6 Å². The summed E-state index contributed by atoms with van der Waals surface area (Å²) >= 11 is 0. The molecule has 0 aliphatic heterocycles. The molecule has 94 valence electrons. The number of rotatable bonds is 6. The van der Waals surface area contributed by atoms with Gasteiger partial charge in [0.1, 0.15) is 0 Å². The van der Waals surface area contributed by atoms with Crippen LogP contribution in [0.4, 0.5) is 0 Å². The van der Waals surface area contributed by atoms with E-state index in [4.69, 9.17) is 5.73 Å². The first-order valence-corrected chi connectivity index (χ1v) is 6.07. The van der Waals surface area contributed by atoms with Gasteiger partial charge in [0.2, 0.25) is 0 Å². The van der Waals surface area contributed by atoms with Crippen molar-refractivity contribution in [3.05, 3.63) is 42.1 Å². The maximum Gasteiger partial charge on any atom is 0.0547 e. The number of hydrogen-bond donors (Lipinski definition) is 3. The minimum atomic E-state index is 0.454. The fourth-order valence-electron chi connectivity index (χ4n) is 1.68. The third kappa shape index (κ3) is 4.49. The molecule has 1 aromatic rings. The van der Waals surface area contributed by atoms with E-state index in [-0.39, 0.29) is 0 Å². The van der Waals surface area contributed by atoms with Crippen LogP contribution >= 0.6 is 0 Å². The van der Waals surface area contributed by atoms with Crippen molar-refractivity contribution in [3.63, 3.8) is 0 Å². The zero-order valence-electron chi connectivity index (χ0n) is 10.9. The maximum absolute atomic E-state index is 5.98. The van der Waals surface area contributed by atoms with Gasteiger partial charge in [0.25, 0.3) is 0 Å². The molecule has 0 aliphatic carbocycles. The Morgan fingerprint density at radius 2 is 1.94 bits per heavy atom. The highest BCUT2D eigenvalue weighted by Gasteiger charge is 2.08. The van der Waals surface area contributed by atoms with Crippen LogP contribution < -0.4 is 16.4 Å². The topological polar surface area (TPSA) is 50.1 Å². The first-order valence-electron chi connectivity index (χ1n) is 6.07. The first-order chi connectivity index (χ1) is 8.15. The molecule has 0 aliphatic rings. The lowest BCUT2D eigenvalue weighted by Gasteiger charge is -2.20. The van der Waals surface area contributed by atoms with Crippen molar-refractivity contribution in [2.45, 2.75) is 19.9 Å². The van der Waals surface area contributed by atoms with Crippen LogP contribution in [0.15, 0.2) is 36.5 Å². The Hall–Kier alpha value is -1.48. The summed E-state index contributed by atoms with van der Waals surface area (Å²) in [5.74, 6) is 0.596. The number of nitrogens with two attached hydrogens (primary N) is 1. The number of benzene rings is 1. The standard InChI is InChI=1S/C14H23N3/c1-11(2)14(16-3)10-17-9-13(15)12-7-5-4-6-8-12/h4-9,11,14,16-17H,10,15H2,1-3H3/b13-9-. The number of likely N-dealkylation sites (N-methyl/N-ethyl adjacent to an activating group) is 1. The molecule has 3 heteroatoms. The van der Waals surface area contributed by atoms with Gasteiger partial charge >= 0.3 is 0 Å². The normalized spacial score (nSPS) is 13.8. The van der Waals surface area contributed by atoms with E-state index in [0.717, 1.165) is 17.8 Å². The highest BCUT2D eigenvalue weighted by molar-refractivity contribution is 5.61. The van der Waals surface area contributed by atoms with Gasteiger partial charge in [-0.1, -0.05) is 44.2 Å². The van der Waals surface area contributed by atoms with Gasteiger partial charge in [0.15, 0.2) is 0 Å². The van der Waals surface area contributed by atoms with Crippen molar-refractivity contribution in [2.75, 3.05) is 13.6 Å². The summed E-state index contributed by atoms with van der Waals surface area (Å²) in [6, 6.07) is 10.4. The zero-order chi connectivity index (χ0) is 12.7. The van der Waals surface area contributed by atoms with Gasteiger partial charge in [0, 0.05) is 18.8 Å². The lowest BCUT2D eigenvalue weighted by atomic mass is 10.1. The summed E-state index contributed by atoms with van der Waals surface area (Å²) < 4.78 is 0. The van der Waals surface area contributed by atoms with Crippen LogP contribution in [0.2, 0.25) is 0 Å². The summed E-state index contributed by atoms with van der Waals surface area (Å²) in [5, 5.41) is 6.55. The van der Waals surface area contributed by atoms with Gasteiger partial charge in [-0.25, -0.2) is 0 Å². The Labute approximate surface area is 104 Å². The monoisotopic (exact) mass is 233 g/mol. The molecule has 3 nitrogen and oxygen atoms in total. The van der Waals surface area contributed by atoms with Crippen molar-refractivity contribution in [2.24, 2.45) is 11.7 Å². The lowest BCUT2D eigenvalue weighted by Crippen LogP contribution is -2.39. The van der Waals surface area contributed by atoms with Crippen molar-refractivity contribution >= 4 is 5.70 Å². The molecular formula is C14H23N3. The summed E-state index contributed by atoms with van der Waals surface area (Å²) in [7, 11) is 1.98. The van der Waals surface area contributed by atoms with E-state index in [9.17, 15) is 0 Å². The number of nitrogens with one attached hydrogen (secondary N) is 2. The summed E-state index contributed by atoms with van der Waals surface area (Å²) in [6.45, 7) is 5.28. The van der Waals surface area contributed by atoms with Crippen LogP contribution in [0.3, 0.4) is 0 Å². The fourth-order valence-corrected chi connectivity index (χ4v) is 1.68. The fraction of sp³-hybridized carbons (Fsp3) is 0.429. The second kappa shape index (κ2) is 6.97. The van der Waals surface area contributed by atoms with Gasteiger partial charge in [-0.2, -0.15) is 0 Å². The van der Waals surface area contributed by atoms with Crippen LogP contribution in [0.25, 0.3) is 5.70 Å². The average Bonchev–Trinajstić information content (AvgIpc) is 2.35. The van der Waals surface area contributed by atoms with Crippen molar-refractivity contribution in [3.8, 4) is 0 Å². The SMILES string of the molecule is CNC(CN/C=C(\N)c1ccccc1)C(C)C. The second-order valence-electron chi connectivity index (χ2n) is 4.51. The maximum atomic E-state index is 5.98. The van der Waals surface area contributed by atoms with Gasteiger partial charge in [0.05, 0.1) is 5.70 Å². The zero-order valence-corrected chi connectivity index (χ0v) is 10.9. The molecule has 0 spiro atoms. The molecule has 0 saturated heterocycles. The molecular weight excluding hydrogens is 210 g/mol. The molecule has 0 heterocycles. The quantitative estimate of drug-likeness (QED) is 0.702. The summed E-state index contributed by atoms with van der Waals surface area (Å²) in [6.07, 6.45) is 1.88. The highest BCUT2D eigenvalue weighted by atomic mass is 15.0. The molecule has 0 amide bonds. The Balaban J connectivity index is 2.49. The van der Waals surface area contributed by atoms with Gasteiger partial charge in [-0.3, -0.25) is 0 Å². The molecule has 4 N–H and O–H groups in total. The van der Waals surface area contributed by atoms with E-state index in [1.54, 1.807) is 0 Å². The average molecular weight is 233 g/mol. The van der Waals surface area contributed by atoms with Crippen LogP contribution in [-0.4, -0.2) is 19.6 Å². The molecule has 1 aromatic carbocycles. The number of hydrogen-bond acceptors (Lipinski definition) is 3. The Morgan fingerprint density at radius 3 is 2.47 bits per heavy atom. The molecule has 0 bridgehead atoms. The largest absolute Gasteiger partial charge is 0.397 e. The van der Waals surface area contributed by atoms with Gasteiger partial charge < -0.3 is 16.4 Å². The molecule has 0 fully saturated rings. The molecule has 1 atom stereocenters. The minimum absolute atomic E-state index is 0.454. The predicted octanol–water partition coefficient (Wildman–Crippen LogP) is 1.78. The Kier molecular flexibility index (Phi) is 5.57. The van der Waals surface area contributed by atoms with Crippen LogP contribution in [-0.2, 0) is 0 Å². The Morgan fingerprint density at radius 1 is 1.29 bits per heavy atom. The summed E-state index contributed by atoms with van der Waals surface area (Å²) in [5.41, 5.74) is 7.79. The first kappa shape index (κ1) is 13.6. The van der Waals surface area contributed by atoms with Gasteiger partial charge in [-0.15, -0.1) is 0 Å². The Bertz CT molecular complexity index is 344. The molecule has 17 heavy (non-hydrogen) atoms. The van der Waals surface area contributed by atoms with E-state index >= 15 is 0 Å². The molecule has 1 unspecified atom stereocenters.